The molecule has 2 aromatic heterocycles. The number of aryl methyl sites for hydroxylation is 2. The molecule has 0 saturated carbocycles. The first-order chi connectivity index (χ1) is 9.78. The number of carboxylic acid groups (broad SMARTS) is 1. The Balaban J connectivity index is 2.22. The van der Waals surface area contributed by atoms with Crippen molar-refractivity contribution in [3.63, 3.8) is 0 Å². The number of hydrogen-bond acceptors (Lipinski definition) is 5. The van der Waals surface area contributed by atoms with E-state index in [1.54, 1.807) is 11.6 Å². The van der Waals surface area contributed by atoms with Gasteiger partial charge in [-0.3, -0.25) is 0 Å². The summed E-state index contributed by atoms with van der Waals surface area (Å²) in [7, 11) is -3.04. The van der Waals surface area contributed by atoms with Crippen LogP contribution in [-0.2, 0) is 9.84 Å². The fourth-order valence-corrected chi connectivity index (χ4v) is 4.55. The average molecular weight is 309 g/mol. The number of hydrogen-bond donors (Lipinski definition) is 1. The van der Waals surface area contributed by atoms with Crippen LogP contribution in [0.25, 0.3) is 11.0 Å². The molecule has 1 atom stereocenters. The highest BCUT2D eigenvalue weighted by Gasteiger charge is 2.31. The zero-order chi connectivity index (χ0) is 15.4. The third-order valence-corrected chi connectivity index (χ3v) is 5.56. The number of sulfone groups is 1. The smallest absolute Gasteiger partial charge is 0.354 e. The molecule has 1 aliphatic heterocycles. The van der Waals surface area contributed by atoms with E-state index in [0.717, 1.165) is 16.6 Å². The van der Waals surface area contributed by atoms with Crippen LogP contribution in [0.5, 0.6) is 0 Å². The van der Waals surface area contributed by atoms with E-state index in [2.05, 4.69) is 10.1 Å². The number of fused-ring (bicyclic) bond motifs is 1. The summed E-state index contributed by atoms with van der Waals surface area (Å²) >= 11 is 0. The molecule has 1 fully saturated rings. The predicted molar refractivity (Wildman–Crippen MR) is 76.3 cm³/mol. The molecular formula is C13H15N3O4S. The minimum absolute atomic E-state index is 0.0290. The van der Waals surface area contributed by atoms with Crippen LogP contribution < -0.4 is 0 Å². The van der Waals surface area contributed by atoms with E-state index < -0.39 is 15.8 Å². The van der Waals surface area contributed by atoms with Crippen LogP contribution in [0.15, 0.2) is 6.07 Å². The van der Waals surface area contributed by atoms with Gasteiger partial charge in [-0.1, -0.05) is 0 Å². The molecule has 1 unspecified atom stereocenters. The molecule has 8 heteroatoms. The molecule has 1 saturated heterocycles. The van der Waals surface area contributed by atoms with E-state index in [1.807, 2.05) is 6.92 Å². The van der Waals surface area contributed by atoms with Crippen molar-refractivity contribution >= 4 is 26.8 Å². The van der Waals surface area contributed by atoms with Crippen LogP contribution in [0.4, 0.5) is 0 Å². The highest BCUT2D eigenvalue weighted by atomic mass is 32.2. The van der Waals surface area contributed by atoms with Gasteiger partial charge in [0.05, 0.1) is 23.2 Å². The van der Waals surface area contributed by atoms with E-state index in [1.165, 1.54) is 6.07 Å². The number of aromatic nitrogens is 3. The maximum Gasteiger partial charge on any atom is 0.354 e. The van der Waals surface area contributed by atoms with Gasteiger partial charge >= 0.3 is 5.97 Å². The van der Waals surface area contributed by atoms with Crippen LogP contribution in [0.3, 0.4) is 0 Å². The fourth-order valence-electron chi connectivity index (χ4n) is 2.86. The minimum atomic E-state index is -3.04. The Kier molecular flexibility index (Phi) is 3.01. The minimum Gasteiger partial charge on any atom is -0.477 e. The molecule has 1 N–H and O–H groups in total. The van der Waals surface area contributed by atoms with Crippen molar-refractivity contribution in [2.24, 2.45) is 0 Å². The van der Waals surface area contributed by atoms with E-state index in [0.29, 0.717) is 12.1 Å². The van der Waals surface area contributed by atoms with Crippen LogP contribution in [0, 0.1) is 13.8 Å². The SMILES string of the molecule is Cc1cc(C(=O)O)nc2c1c(C)nn2C1CCS(=O)(=O)C1. The lowest BCUT2D eigenvalue weighted by Crippen LogP contribution is -2.14. The molecule has 0 spiro atoms. The van der Waals surface area contributed by atoms with E-state index in [9.17, 15) is 13.2 Å². The second-order valence-electron chi connectivity index (χ2n) is 5.41. The topological polar surface area (TPSA) is 102 Å². The molecule has 3 heterocycles. The summed E-state index contributed by atoms with van der Waals surface area (Å²) in [6.45, 7) is 3.62. The second kappa shape index (κ2) is 4.52. The lowest BCUT2D eigenvalue weighted by molar-refractivity contribution is 0.0690. The molecule has 21 heavy (non-hydrogen) atoms. The third kappa shape index (κ3) is 2.29. The van der Waals surface area contributed by atoms with E-state index >= 15 is 0 Å². The van der Waals surface area contributed by atoms with Gasteiger partial charge in [-0.15, -0.1) is 0 Å². The lowest BCUT2D eigenvalue weighted by Gasteiger charge is -2.10. The molecule has 0 bridgehead atoms. The van der Waals surface area contributed by atoms with Crippen molar-refractivity contribution in [2.75, 3.05) is 11.5 Å². The van der Waals surface area contributed by atoms with Crippen LogP contribution in [-0.4, -0.2) is 45.8 Å². The quantitative estimate of drug-likeness (QED) is 0.891. The third-order valence-electron chi connectivity index (χ3n) is 3.81. The highest BCUT2D eigenvalue weighted by molar-refractivity contribution is 7.91. The van der Waals surface area contributed by atoms with Crippen molar-refractivity contribution in [1.82, 2.24) is 14.8 Å². The van der Waals surface area contributed by atoms with Gasteiger partial charge in [0.25, 0.3) is 0 Å². The highest BCUT2D eigenvalue weighted by Crippen LogP contribution is 2.29. The molecule has 0 radical (unpaired) electrons. The second-order valence-corrected chi connectivity index (χ2v) is 7.64. The number of aromatic carboxylic acids is 1. The number of pyridine rings is 1. The van der Waals surface area contributed by atoms with Gasteiger partial charge < -0.3 is 5.11 Å². The number of nitrogens with zero attached hydrogens (tertiary/aromatic N) is 3. The molecule has 3 rings (SSSR count). The summed E-state index contributed by atoms with van der Waals surface area (Å²) < 4.78 is 24.9. The van der Waals surface area contributed by atoms with Crippen LogP contribution in [0.1, 0.15) is 34.2 Å². The average Bonchev–Trinajstić information content (AvgIpc) is 2.90. The number of carbonyl (C=O) groups is 1. The Bertz CT molecular complexity index is 854. The number of carboxylic acids is 1. The molecular weight excluding hydrogens is 294 g/mol. The maximum atomic E-state index is 11.6. The summed E-state index contributed by atoms with van der Waals surface area (Å²) in [5, 5.41) is 14.3. The van der Waals surface area contributed by atoms with Crippen molar-refractivity contribution in [3.05, 3.63) is 23.0 Å². The Morgan fingerprint density at radius 2 is 2.14 bits per heavy atom. The Hall–Kier alpha value is -1.96. The van der Waals surface area contributed by atoms with Gasteiger partial charge in [0.2, 0.25) is 0 Å². The van der Waals surface area contributed by atoms with E-state index in [-0.39, 0.29) is 23.2 Å². The molecule has 7 nitrogen and oxygen atoms in total. The normalized spacial score (nSPS) is 21.0. The van der Waals surface area contributed by atoms with Gasteiger partial charge in [-0.25, -0.2) is 22.9 Å². The Labute approximate surface area is 121 Å². The first kappa shape index (κ1) is 14.0. The lowest BCUT2D eigenvalue weighted by atomic mass is 10.1. The van der Waals surface area contributed by atoms with Crippen LogP contribution >= 0.6 is 0 Å². The fraction of sp³-hybridized carbons (Fsp3) is 0.462. The molecule has 0 amide bonds. The zero-order valence-electron chi connectivity index (χ0n) is 11.7. The number of rotatable bonds is 2. The summed E-state index contributed by atoms with van der Waals surface area (Å²) in [5.41, 5.74) is 1.91. The molecule has 0 aromatic carbocycles. The first-order valence-corrected chi connectivity index (χ1v) is 8.41. The van der Waals surface area contributed by atoms with Gasteiger partial charge in [-0.2, -0.15) is 5.10 Å². The Morgan fingerprint density at radius 3 is 2.71 bits per heavy atom. The van der Waals surface area contributed by atoms with Gasteiger partial charge in [0.15, 0.2) is 21.2 Å². The first-order valence-electron chi connectivity index (χ1n) is 6.58. The van der Waals surface area contributed by atoms with Gasteiger partial charge in [0, 0.05) is 5.39 Å². The predicted octanol–water partition coefficient (Wildman–Crippen LogP) is 1.11. The van der Waals surface area contributed by atoms with Crippen LogP contribution in [0.2, 0.25) is 0 Å². The monoisotopic (exact) mass is 309 g/mol. The zero-order valence-corrected chi connectivity index (χ0v) is 12.5. The van der Waals surface area contributed by atoms with Crippen molar-refractivity contribution < 1.29 is 18.3 Å². The van der Waals surface area contributed by atoms with Gasteiger partial charge in [-0.05, 0) is 31.9 Å². The molecule has 1 aliphatic rings. The largest absolute Gasteiger partial charge is 0.477 e. The summed E-state index contributed by atoms with van der Waals surface area (Å²) in [4.78, 5) is 15.3. The summed E-state index contributed by atoms with van der Waals surface area (Å²) in [6, 6.07) is 1.23. The standard InChI is InChI=1S/C13H15N3O4S/c1-7-5-10(13(17)18)14-12-11(7)8(2)15-16(12)9-3-4-21(19,20)6-9/h5,9H,3-4,6H2,1-2H3,(H,17,18). The maximum absolute atomic E-state index is 11.6. The van der Waals surface area contributed by atoms with Gasteiger partial charge in [0.1, 0.15) is 0 Å². The molecule has 112 valence electrons. The summed E-state index contributed by atoms with van der Waals surface area (Å²) in [6.07, 6.45) is 0.483. The van der Waals surface area contributed by atoms with Crippen molar-refractivity contribution in [3.8, 4) is 0 Å². The van der Waals surface area contributed by atoms with Crippen molar-refractivity contribution in [1.29, 1.82) is 0 Å². The Morgan fingerprint density at radius 1 is 1.43 bits per heavy atom. The molecule has 2 aromatic rings. The van der Waals surface area contributed by atoms with Crippen molar-refractivity contribution in [2.45, 2.75) is 26.3 Å². The molecule has 0 aliphatic carbocycles. The summed E-state index contributed by atoms with van der Waals surface area (Å²) in [5.74, 6) is -0.943. The van der Waals surface area contributed by atoms with E-state index in [4.69, 9.17) is 5.11 Å².